The first kappa shape index (κ1) is 10.9. The highest BCUT2D eigenvalue weighted by atomic mass is 16.5. The molecule has 14 heavy (non-hydrogen) atoms. The molecular formula is C10H16N2O2. The van der Waals surface area contributed by atoms with Gasteiger partial charge >= 0.3 is 0 Å². The highest BCUT2D eigenvalue weighted by Gasteiger charge is 1.92. The molecule has 1 heterocycles. The Morgan fingerprint density at radius 1 is 1.43 bits per heavy atom. The summed E-state index contributed by atoms with van der Waals surface area (Å²) in [7, 11) is 1.67. The Morgan fingerprint density at radius 3 is 3.00 bits per heavy atom. The van der Waals surface area contributed by atoms with Gasteiger partial charge in [0.25, 0.3) is 5.56 Å². The van der Waals surface area contributed by atoms with E-state index in [0.717, 1.165) is 13.1 Å². The van der Waals surface area contributed by atoms with Gasteiger partial charge in [-0.3, -0.25) is 4.79 Å². The SMILES string of the molecule is COCCNCCn1ccccc1=O. The first-order valence-electron chi connectivity index (χ1n) is 4.69. The molecule has 4 heteroatoms. The Kier molecular flexibility index (Phi) is 4.96. The van der Waals surface area contributed by atoms with Crippen LogP contribution in [0.2, 0.25) is 0 Å². The second kappa shape index (κ2) is 6.34. The Balaban J connectivity index is 2.25. The molecule has 0 amide bonds. The van der Waals surface area contributed by atoms with E-state index in [2.05, 4.69) is 5.32 Å². The van der Waals surface area contributed by atoms with Gasteiger partial charge in [-0.25, -0.2) is 0 Å². The summed E-state index contributed by atoms with van der Waals surface area (Å²) in [6, 6.07) is 5.17. The van der Waals surface area contributed by atoms with E-state index in [4.69, 9.17) is 4.74 Å². The molecule has 0 atom stereocenters. The van der Waals surface area contributed by atoms with E-state index < -0.39 is 0 Å². The number of hydrogen-bond donors (Lipinski definition) is 1. The Hall–Kier alpha value is -1.13. The maximum atomic E-state index is 11.2. The van der Waals surface area contributed by atoms with Gasteiger partial charge < -0.3 is 14.6 Å². The maximum Gasteiger partial charge on any atom is 0.250 e. The fourth-order valence-corrected chi connectivity index (χ4v) is 1.14. The predicted molar refractivity (Wildman–Crippen MR) is 55.4 cm³/mol. The van der Waals surface area contributed by atoms with Crippen LogP contribution < -0.4 is 10.9 Å². The summed E-state index contributed by atoms with van der Waals surface area (Å²) in [5.74, 6) is 0. The van der Waals surface area contributed by atoms with Gasteiger partial charge in [-0.05, 0) is 6.07 Å². The van der Waals surface area contributed by atoms with E-state index in [1.165, 1.54) is 0 Å². The van der Waals surface area contributed by atoms with Crippen molar-refractivity contribution in [3.63, 3.8) is 0 Å². The lowest BCUT2D eigenvalue weighted by Crippen LogP contribution is -2.27. The van der Waals surface area contributed by atoms with Gasteiger partial charge in [0.15, 0.2) is 0 Å². The molecule has 0 fully saturated rings. The average molecular weight is 196 g/mol. The van der Waals surface area contributed by atoms with Crippen LogP contribution in [0, 0.1) is 0 Å². The molecule has 0 bridgehead atoms. The number of rotatable bonds is 6. The van der Waals surface area contributed by atoms with Crippen LogP contribution in [-0.2, 0) is 11.3 Å². The molecule has 0 unspecified atom stereocenters. The van der Waals surface area contributed by atoms with Gasteiger partial charge in [-0.2, -0.15) is 0 Å². The lowest BCUT2D eigenvalue weighted by atomic mass is 10.4. The Bertz CT molecular complexity index is 309. The van der Waals surface area contributed by atoms with Crippen molar-refractivity contribution in [3.8, 4) is 0 Å². The molecule has 0 aliphatic rings. The van der Waals surface area contributed by atoms with Crippen molar-refractivity contribution >= 4 is 0 Å². The monoisotopic (exact) mass is 196 g/mol. The second-order valence-electron chi connectivity index (χ2n) is 2.98. The summed E-state index contributed by atoms with van der Waals surface area (Å²) < 4.78 is 6.57. The molecule has 0 spiro atoms. The van der Waals surface area contributed by atoms with Crippen LogP contribution in [0.25, 0.3) is 0 Å². The van der Waals surface area contributed by atoms with Gasteiger partial charge in [0, 0.05) is 39.0 Å². The molecule has 4 nitrogen and oxygen atoms in total. The van der Waals surface area contributed by atoms with E-state index >= 15 is 0 Å². The zero-order valence-corrected chi connectivity index (χ0v) is 8.40. The van der Waals surface area contributed by atoms with Crippen molar-refractivity contribution in [2.75, 3.05) is 26.8 Å². The fraction of sp³-hybridized carbons (Fsp3) is 0.500. The molecule has 0 aromatic carbocycles. The predicted octanol–water partition coefficient (Wildman–Crippen LogP) is 0.0843. The quantitative estimate of drug-likeness (QED) is 0.655. The zero-order valence-electron chi connectivity index (χ0n) is 8.40. The number of nitrogens with one attached hydrogen (secondary N) is 1. The van der Waals surface area contributed by atoms with Crippen LogP contribution in [0.15, 0.2) is 29.2 Å². The van der Waals surface area contributed by atoms with Crippen LogP contribution >= 0.6 is 0 Å². The minimum Gasteiger partial charge on any atom is -0.383 e. The van der Waals surface area contributed by atoms with Gasteiger partial charge in [0.1, 0.15) is 0 Å². The average Bonchev–Trinajstić information content (AvgIpc) is 2.20. The number of hydrogen-bond acceptors (Lipinski definition) is 3. The second-order valence-corrected chi connectivity index (χ2v) is 2.98. The van der Waals surface area contributed by atoms with E-state index in [1.807, 2.05) is 6.07 Å². The number of methoxy groups -OCH3 is 1. The third-order valence-electron chi connectivity index (χ3n) is 1.91. The van der Waals surface area contributed by atoms with Gasteiger partial charge in [0.2, 0.25) is 0 Å². The normalized spacial score (nSPS) is 10.4. The van der Waals surface area contributed by atoms with Crippen LogP contribution in [0.1, 0.15) is 0 Å². The largest absolute Gasteiger partial charge is 0.383 e. The van der Waals surface area contributed by atoms with Crippen molar-refractivity contribution in [2.24, 2.45) is 0 Å². The summed E-state index contributed by atoms with van der Waals surface area (Å²) in [6.45, 7) is 3.00. The molecule has 1 aromatic rings. The van der Waals surface area contributed by atoms with E-state index in [-0.39, 0.29) is 5.56 Å². The summed E-state index contributed by atoms with van der Waals surface area (Å²) in [5.41, 5.74) is 0.0426. The molecule has 0 saturated heterocycles. The first-order valence-corrected chi connectivity index (χ1v) is 4.69. The van der Waals surface area contributed by atoms with Gasteiger partial charge in [0.05, 0.1) is 6.61 Å². The standard InChI is InChI=1S/C10H16N2O2/c1-14-9-6-11-5-8-12-7-3-2-4-10(12)13/h2-4,7,11H,5-6,8-9H2,1H3. The van der Waals surface area contributed by atoms with Crippen molar-refractivity contribution in [2.45, 2.75) is 6.54 Å². The third kappa shape index (κ3) is 3.72. The van der Waals surface area contributed by atoms with Crippen molar-refractivity contribution in [1.82, 2.24) is 9.88 Å². The lowest BCUT2D eigenvalue weighted by Gasteiger charge is -2.05. The van der Waals surface area contributed by atoms with Crippen molar-refractivity contribution < 1.29 is 4.74 Å². The molecule has 0 radical (unpaired) electrons. The molecule has 1 aromatic heterocycles. The summed E-state index contributed by atoms with van der Waals surface area (Å²) in [4.78, 5) is 11.2. The number of pyridine rings is 1. The molecule has 0 saturated carbocycles. The Labute approximate surface area is 83.5 Å². The number of ether oxygens (including phenoxy) is 1. The molecular weight excluding hydrogens is 180 g/mol. The summed E-state index contributed by atoms with van der Waals surface area (Å²) in [6.07, 6.45) is 1.79. The topological polar surface area (TPSA) is 43.3 Å². The van der Waals surface area contributed by atoms with Crippen molar-refractivity contribution in [1.29, 1.82) is 0 Å². The molecule has 78 valence electrons. The van der Waals surface area contributed by atoms with Crippen LogP contribution in [0.3, 0.4) is 0 Å². The molecule has 1 N–H and O–H groups in total. The van der Waals surface area contributed by atoms with E-state index in [9.17, 15) is 4.79 Å². The minimum absolute atomic E-state index is 0.0426. The van der Waals surface area contributed by atoms with Gasteiger partial charge in [-0.1, -0.05) is 6.07 Å². The molecule has 0 aliphatic heterocycles. The highest BCUT2D eigenvalue weighted by Crippen LogP contribution is 1.80. The number of nitrogens with zero attached hydrogens (tertiary/aromatic N) is 1. The molecule has 1 rings (SSSR count). The van der Waals surface area contributed by atoms with E-state index in [1.54, 1.807) is 30.0 Å². The number of aromatic nitrogens is 1. The fourth-order valence-electron chi connectivity index (χ4n) is 1.14. The van der Waals surface area contributed by atoms with Crippen molar-refractivity contribution in [3.05, 3.63) is 34.7 Å². The summed E-state index contributed by atoms with van der Waals surface area (Å²) in [5, 5.41) is 3.18. The summed E-state index contributed by atoms with van der Waals surface area (Å²) >= 11 is 0. The smallest absolute Gasteiger partial charge is 0.250 e. The van der Waals surface area contributed by atoms with Crippen LogP contribution in [-0.4, -0.2) is 31.4 Å². The van der Waals surface area contributed by atoms with Crippen LogP contribution in [0.5, 0.6) is 0 Å². The van der Waals surface area contributed by atoms with Crippen LogP contribution in [0.4, 0.5) is 0 Å². The highest BCUT2D eigenvalue weighted by molar-refractivity contribution is 4.93. The molecule has 0 aliphatic carbocycles. The lowest BCUT2D eigenvalue weighted by molar-refractivity contribution is 0.199. The third-order valence-corrected chi connectivity index (χ3v) is 1.91. The van der Waals surface area contributed by atoms with Gasteiger partial charge in [-0.15, -0.1) is 0 Å². The first-order chi connectivity index (χ1) is 6.84. The Morgan fingerprint density at radius 2 is 2.29 bits per heavy atom. The minimum atomic E-state index is 0.0426. The maximum absolute atomic E-state index is 11.2. The zero-order chi connectivity index (χ0) is 10.2. The van der Waals surface area contributed by atoms with E-state index in [0.29, 0.717) is 13.2 Å².